The summed E-state index contributed by atoms with van der Waals surface area (Å²) in [7, 11) is 0. The summed E-state index contributed by atoms with van der Waals surface area (Å²) in [6, 6.07) is 4.49. The van der Waals surface area contributed by atoms with Crippen LogP contribution in [-0.2, 0) is 0 Å². The minimum absolute atomic E-state index is 0. The number of rotatable bonds is 2. The summed E-state index contributed by atoms with van der Waals surface area (Å²) in [5.41, 5.74) is 2.93. The van der Waals surface area contributed by atoms with Gasteiger partial charge in [0.1, 0.15) is 5.82 Å². The van der Waals surface area contributed by atoms with Gasteiger partial charge in [-0.3, -0.25) is 0 Å². The predicted molar refractivity (Wildman–Crippen MR) is 69.7 cm³/mol. The summed E-state index contributed by atoms with van der Waals surface area (Å²) in [5, 5.41) is 7.15. The second kappa shape index (κ2) is 6.42. The second-order valence-electron chi connectivity index (χ2n) is 3.16. The monoisotopic (exact) mass is 276 g/mol. The Morgan fingerprint density at radius 1 is 1.53 bits per heavy atom. The lowest BCUT2D eigenvalue weighted by atomic mass is 10.2. The van der Waals surface area contributed by atoms with Crippen molar-refractivity contribution in [2.75, 3.05) is 13.1 Å². The molecule has 0 saturated carbocycles. The molecule has 2 N–H and O–H groups in total. The second-order valence-corrected chi connectivity index (χ2v) is 3.57. The molecule has 0 radical (unpaired) electrons. The van der Waals surface area contributed by atoms with Gasteiger partial charge in [0, 0.05) is 12.1 Å². The number of nitrogens with one attached hydrogen (secondary N) is 2. The highest BCUT2D eigenvalue weighted by atomic mass is 35.5. The summed E-state index contributed by atoms with van der Waals surface area (Å²) in [4.78, 5) is 4.07. The van der Waals surface area contributed by atoms with E-state index >= 15 is 0 Å². The van der Waals surface area contributed by atoms with Gasteiger partial charge in [0.05, 0.1) is 17.8 Å². The molecule has 17 heavy (non-hydrogen) atoms. The van der Waals surface area contributed by atoms with Gasteiger partial charge < -0.3 is 5.32 Å². The Hall–Kier alpha value is -1.33. The Balaban J connectivity index is 0.00000144. The molecule has 1 heterocycles. The van der Waals surface area contributed by atoms with Crippen molar-refractivity contribution in [1.82, 2.24) is 10.7 Å². The van der Waals surface area contributed by atoms with Crippen LogP contribution in [0.5, 0.6) is 0 Å². The molecule has 0 aliphatic carbocycles. The van der Waals surface area contributed by atoms with Crippen LogP contribution in [0.3, 0.4) is 0 Å². The molecular weight excluding hydrogens is 266 g/mol. The van der Waals surface area contributed by atoms with Crippen molar-refractivity contribution in [3.05, 3.63) is 34.6 Å². The highest BCUT2D eigenvalue weighted by molar-refractivity contribution is 6.33. The molecule has 7 heteroatoms. The zero-order chi connectivity index (χ0) is 11.4. The molecule has 0 atom stereocenters. The van der Waals surface area contributed by atoms with Crippen LogP contribution in [0.4, 0.5) is 4.39 Å². The lowest BCUT2D eigenvalue weighted by molar-refractivity contribution is 0.626. The zero-order valence-electron chi connectivity index (χ0n) is 8.78. The van der Waals surface area contributed by atoms with Gasteiger partial charge in [0.2, 0.25) is 5.96 Å². The number of hydrogen-bond acceptors (Lipinski definition) is 4. The van der Waals surface area contributed by atoms with E-state index < -0.39 is 5.82 Å². The van der Waals surface area contributed by atoms with E-state index in [1.165, 1.54) is 12.3 Å². The minimum Gasteiger partial charge on any atom is -0.353 e. The van der Waals surface area contributed by atoms with Crippen molar-refractivity contribution in [3.63, 3.8) is 0 Å². The van der Waals surface area contributed by atoms with Crippen molar-refractivity contribution in [3.8, 4) is 0 Å². The third kappa shape index (κ3) is 3.57. The molecule has 0 aromatic heterocycles. The number of halogens is 3. The first-order valence-corrected chi connectivity index (χ1v) is 5.16. The van der Waals surface area contributed by atoms with Crippen LogP contribution in [0, 0.1) is 5.82 Å². The van der Waals surface area contributed by atoms with Gasteiger partial charge in [0.15, 0.2) is 0 Å². The van der Waals surface area contributed by atoms with Crippen LogP contribution in [0.15, 0.2) is 28.3 Å². The number of nitrogens with zero attached hydrogens (tertiary/aromatic N) is 2. The Bertz CT molecular complexity index is 428. The highest BCUT2D eigenvalue weighted by Gasteiger charge is 2.04. The van der Waals surface area contributed by atoms with E-state index in [-0.39, 0.29) is 18.0 Å². The van der Waals surface area contributed by atoms with Crippen molar-refractivity contribution in [1.29, 1.82) is 0 Å². The van der Waals surface area contributed by atoms with Gasteiger partial charge in [-0.25, -0.2) is 14.8 Å². The summed E-state index contributed by atoms with van der Waals surface area (Å²) in [5.74, 6) is 0.183. The van der Waals surface area contributed by atoms with E-state index in [4.69, 9.17) is 11.6 Å². The normalized spacial score (nSPS) is 14.1. The molecule has 1 aromatic rings. The van der Waals surface area contributed by atoms with Crippen LogP contribution in [0.25, 0.3) is 0 Å². The first kappa shape index (κ1) is 13.7. The number of aliphatic imine (C=N–C) groups is 1. The van der Waals surface area contributed by atoms with Gasteiger partial charge >= 0.3 is 0 Å². The van der Waals surface area contributed by atoms with E-state index in [2.05, 4.69) is 20.8 Å². The first-order valence-electron chi connectivity index (χ1n) is 4.79. The van der Waals surface area contributed by atoms with Crippen LogP contribution >= 0.6 is 24.0 Å². The van der Waals surface area contributed by atoms with Crippen molar-refractivity contribution in [2.24, 2.45) is 10.1 Å². The van der Waals surface area contributed by atoms with E-state index in [9.17, 15) is 4.39 Å². The average Bonchev–Trinajstić information content (AvgIpc) is 2.75. The first-order chi connectivity index (χ1) is 7.77. The Morgan fingerprint density at radius 2 is 2.35 bits per heavy atom. The number of guanidine groups is 1. The molecule has 0 unspecified atom stereocenters. The molecule has 0 saturated heterocycles. The molecule has 0 bridgehead atoms. The molecule has 2 rings (SSSR count). The Kier molecular flexibility index (Phi) is 5.18. The molecule has 0 spiro atoms. The molecule has 92 valence electrons. The summed E-state index contributed by atoms with van der Waals surface area (Å²) in [6.45, 7) is 1.51. The Morgan fingerprint density at radius 3 is 3.00 bits per heavy atom. The largest absolute Gasteiger partial charge is 0.353 e. The fourth-order valence-corrected chi connectivity index (χ4v) is 1.48. The number of hydrazone groups is 1. The number of benzene rings is 1. The van der Waals surface area contributed by atoms with Crippen molar-refractivity contribution >= 4 is 36.2 Å². The maximum atomic E-state index is 13.3. The molecule has 0 fully saturated rings. The maximum Gasteiger partial charge on any atom is 0.212 e. The zero-order valence-corrected chi connectivity index (χ0v) is 10.4. The smallest absolute Gasteiger partial charge is 0.212 e. The molecule has 0 amide bonds. The van der Waals surface area contributed by atoms with Crippen molar-refractivity contribution < 1.29 is 4.39 Å². The third-order valence-corrected chi connectivity index (χ3v) is 2.37. The standard InChI is InChI=1S/C10H10ClFN4.ClH/c11-8-2-1-3-9(12)7(8)6-15-16-10-13-4-5-14-10;/h1-3,6H,4-5H2,(H2,13,14,16);1H/b15-6+;. The number of hydrogen-bond donors (Lipinski definition) is 2. The van der Waals surface area contributed by atoms with Gasteiger partial charge in [-0.1, -0.05) is 17.7 Å². The summed E-state index contributed by atoms with van der Waals surface area (Å²) >= 11 is 5.82. The van der Waals surface area contributed by atoms with Crippen LogP contribution in [0.1, 0.15) is 5.56 Å². The Labute approximate surface area is 109 Å². The molecular formula is C10H11Cl2FN4. The van der Waals surface area contributed by atoms with Gasteiger partial charge in [-0.2, -0.15) is 5.10 Å². The van der Waals surface area contributed by atoms with Crippen LogP contribution in [0.2, 0.25) is 5.02 Å². The maximum absolute atomic E-state index is 13.3. The van der Waals surface area contributed by atoms with E-state index in [0.717, 1.165) is 13.1 Å². The third-order valence-electron chi connectivity index (χ3n) is 2.04. The lowest BCUT2D eigenvalue weighted by Gasteiger charge is -2.01. The SMILES string of the molecule is Cl.Fc1cccc(Cl)c1/C=N/NC1=NCCN1. The van der Waals surface area contributed by atoms with E-state index in [0.29, 0.717) is 11.0 Å². The lowest BCUT2D eigenvalue weighted by Crippen LogP contribution is -2.30. The molecule has 1 aliphatic heterocycles. The summed E-state index contributed by atoms with van der Waals surface area (Å²) < 4.78 is 13.3. The fourth-order valence-electron chi connectivity index (χ4n) is 1.26. The molecule has 1 aliphatic rings. The molecule has 4 nitrogen and oxygen atoms in total. The van der Waals surface area contributed by atoms with Gasteiger partial charge in [-0.05, 0) is 12.1 Å². The van der Waals surface area contributed by atoms with Gasteiger partial charge in [0.25, 0.3) is 0 Å². The van der Waals surface area contributed by atoms with E-state index in [1.807, 2.05) is 0 Å². The fraction of sp³-hybridized carbons (Fsp3) is 0.200. The van der Waals surface area contributed by atoms with Gasteiger partial charge in [-0.15, -0.1) is 12.4 Å². The quantitative estimate of drug-likeness (QED) is 0.639. The van der Waals surface area contributed by atoms with Crippen LogP contribution in [-0.4, -0.2) is 25.3 Å². The average molecular weight is 277 g/mol. The highest BCUT2D eigenvalue weighted by Crippen LogP contribution is 2.16. The van der Waals surface area contributed by atoms with Crippen molar-refractivity contribution in [2.45, 2.75) is 0 Å². The van der Waals surface area contributed by atoms with Crippen LogP contribution < -0.4 is 10.7 Å². The van der Waals surface area contributed by atoms with E-state index in [1.54, 1.807) is 12.1 Å². The molecule has 1 aromatic carbocycles. The topological polar surface area (TPSA) is 48.8 Å². The predicted octanol–water partition coefficient (Wildman–Crippen LogP) is 1.78. The minimum atomic E-state index is -0.403. The summed E-state index contributed by atoms with van der Waals surface area (Å²) in [6.07, 6.45) is 1.33.